The second-order valence-corrected chi connectivity index (χ2v) is 6.49. The summed E-state index contributed by atoms with van der Waals surface area (Å²) in [5, 5.41) is 11.2. The predicted octanol–water partition coefficient (Wildman–Crippen LogP) is 2.65. The fourth-order valence-electron chi connectivity index (χ4n) is 3.48. The average molecular weight is 336 g/mol. The molecule has 3 atom stereocenters. The molecule has 1 amide bonds. The lowest BCUT2D eigenvalue weighted by molar-refractivity contribution is -0.138. The van der Waals surface area contributed by atoms with Crippen molar-refractivity contribution in [1.82, 2.24) is 5.32 Å². The molecule has 0 bridgehead atoms. The highest BCUT2D eigenvalue weighted by molar-refractivity contribution is 5.94. The van der Waals surface area contributed by atoms with Gasteiger partial charge in [-0.3, -0.25) is 9.59 Å². The third kappa shape index (κ3) is 4.54. The van der Waals surface area contributed by atoms with E-state index >= 15 is 0 Å². The molecule has 0 saturated heterocycles. The number of aliphatic carboxylic acids is 1. The van der Waals surface area contributed by atoms with E-state index in [1.165, 1.54) is 18.6 Å². The monoisotopic (exact) mass is 336 g/mol. The first-order valence-electron chi connectivity index (χ1n) is 8.49. The normalized spacial score (nSPS) is 22.0. The number of rotatable bonds is 6. The van der Waals surface area contributed by atoms with Gasteiger partial charge in [0.1, 0.15) is 11.9 Å². The molecule has 2 rings (SSSR count). The molecule has 1 fully saturated rings. The number of hydrogen-bond donors (Lipinski definition) is 3. The largest absolute Gasteiger partial charge is 0.480 e. The minimum absolute atomic E-state index is 0.193. The Balaban J connectivity index is 2.15. The van der Waals surface area contributed by atoms with Crippen LogP contribution in [-0.4, -0.2) is 29.6 Å². The van der Waals surface area contributed by atoms with Gasteiger partial charge in [0, 0.05) is 12.1 Å². The van der Waals surface area contributed by atoms with Crippen LogP contribution >= 0.6 is 0 Å². The molecule has 0 aliphatic heterocycles. The number of hydrogen-bond acceptors (Lipinski definition) is 3. The first kappa shape index (κ1) is 18.4. The maximum absolute atomic E-state index is 14.0. The summed E-state index contributed by atoms with van der Waals surface area (Å²) in [6, 6.07) is 3.24. The first-order valence-corrected chi connectivity index (χ1v) is 8.49. The maximum Gasteiger partial charge on any atom is 0.322 e. The van der Waals surface area contributed by atoms with Gasteiger partial charge in [-0.1, -0.05) is 26.2 Å². The Kier molecular flexibility index (Phi) is 6.31. The molecule has 1 aliphatic carbocycles. The molecule has 0 spiro atoms. The summed E-state index contributed by atoms with van der Waals surface area (Å²) in [4.78, 5) is 22.9. The van der Waals surface area contributed by atoms with E-state index in [1.807, 2.05) is 0 Å². The highest BCUT2D eigenvalue weighted by Crippen LogP contribution is 2.39. The molecule has 1 aromatic rings. The van der Waals surface area contributed by atoms with E-state index in [4.69, 9.17) is 10.8 Å². The zero-order valence-corrected chi connectivity index (χ0v) is 13.9. The molecule has 0 heterocycles. The number of nitrogens with one attached hydrogen (secondary N) is 1. The Bertz CT molecular complexity index is 606. The van der Waals surface area contributed by atoms with Gasteiger partial charge < -0.3 is 16.2 Å². The van der Waals surface area contributed by atoms with Crippen molar-refractivity contribution in [3.8, 4) is 0 Å². The zero-order chi connectivity index (χ0) is 17.7. The topological polar surface area (TPSA) is 92.4 Å². The second-order valence-electron chi connectivity index (χ2n) is 6.49. The lowest BCUT2D eigenvalue weighted by Gasteiger charge is -2.31. The third-order valence-corrected chi connectivity index (χ3v) is 4.84. The Morgan fingerprint density at radius 1 is 1.33 bits per heavy atom. The molecule has 6 heteroatoms. The number of carboxylic acids is 1. The SMILES string of the molecule is CCC1CCCCC1c1cc(F)cc(C(=O)NCC(N)C(=O)O)c1. The molecule has 1 aliphatic rings. The fourth-order valence-corrected chi connectivity index (χ4v) is 3.48. The summed E-state index contributed by atoms with van der Waals surface area (Å²) >= 11 is 0. The summed E-state index contributed by atoms with van der Waals surface area (Å²) in [7, 11) is 0. The number of amides is 1. The molecular weight excluding hydrogens is 311 g/mol. The fraction of sp³-hybridized carbons (Fsp3) is 0.556. The van der Waals surface area contributed by atoms with Gasteiger partial charge in [-0.2, -0.15) is 0 Å². The van der Waals surface area contributed by atoms with Crippen molar-refractivity contribution < 1.29 is 19.1 Å². The number of carbonyl (C=O) groups excluding carboxylic acids is 1. The van der Waals surface area contributed by atoms with E-state index in [1.54, 1.807) is 6.07 Å². The minimum atomic E-state index is -1.19. The van der Waals surface area contributed by atoms with Gasteiger partial charge in [0.2, 0.25) is 0 Å². The Labute approximate surface area is 141 Å². The van der Waals surface area contributed by atoms with Gasteiger partial charge in [-0.25, -0.2) is 4.39 Å². The van der Waals surface area contributed by atoms with Gasteiger partial charge in [0.25, 0.3) is 5.91 Å². The molecule has 24 heavy (non-hydrogen) atoms. The van der Waals surface area contributed by atoms with Crippen LogP contribution in [-0.2, 0) is 4.79 Å². The Morgan fingerprint density at radius 2 is 2.04 bits per heavy atom. The van der Waals surface area contributed by atoms with Gasteiger partial charge in [-0.15, -0.1) is 0 Å². The third-order valence-electron chi connectivity index (χ3n) is 4.84. The van der Waals surface area contributed by atoms with Crippen LogP contribution in [0, 0.1) is 11.7 Å². The van der Waals surface area contributed by atoms with Gasteiger partial charge >= 0.3 is 5.97 Å². The van der Waals surface area contributed by atoms with Crippen LogP contribution in [0.15, 0.2) is 18.2 Å². The van der Waals surface area contributed by atoms with Crippen molar-refractivity contribution in [2.75, 3.05) is 6.54 Å². The summed E-state index contributed by atoms with van der Waals surface area (Å²) in [5.41, 5.74) is 6.43. The predicted molar refractivity (Wildman–Crippen MR) is 89.3 cm³/mol. The van der Waals surface area contributed by atoms with Crippen molar-refractivity contribution >= 4 is 11.9 Å². The smallest absolute Gasteiger partial charge is 0.322 e. The number of benzene rings is 1. The zero-order valence-electron chi connectivity index (χ0n) is 13.9. The number of carboxylic acid groups (broad SMARTS) is 1. The van der Waals surface area contributed by atoms with E-state index in [2.05, 4.69) is 12.2 Å². The first-order chi connectivity index (χ1) is 11.4. The van der Waals surface area contributed by atoms with Crippen molar-refractivity contribution in [2.45, 2.75) is 51.0 Å². The van der Waals surface area contributed by atoms with Crippen LogP contribution in [0.25, 0.3) is 0 Å². The highest BCUT2D eigenvalue weighted by Gasteiger charge is 2.26. The quantitative estimate of drug-likeness (QED) is 0.744. The molecule has 1 aromatic carbocycles. The highest BCUT2D eigenvalue weighted by atomic mass is 19.1. The summed E-state index contributed by atoms with van der Waals surface area (Å²) < 4.78 is 14.0. The van der Waals surface area contributed by atoms with Crippen LogP contribution in [0.2, 0.25) is 0 Å². The van der Waals surface area contributed by atoms with Crippen LogP contribution in [0.1, 0.15) is 60.9 Å². The average Bonchev–Trinajstić information content (AvgIpc) is 2.58. The summed E-state index contributed by atoms with van der Waals surface area (Å²) in [6.07, 6.45) is 5.49. The van der Waals surface area contributed by atoms with Crippen molar-refractivity contribution in [3.05, 3.63) is 35.1 Å². The number of nitrogens with two attached hydrogens (primary N) is 1. The molecular formula is C18H25FN2O3. The van der Waals surface area contributed by atoms with Crippen molar-refractivity contribution in [3.63, 3.8) is 0 Å². The molecule has 0 aromatic heterocycles. The van der Waals surface area contributed by atoms with Gasteiger partial charge in [-0.05, 0) is 48.4 Å². The molecule has 3 unspecified atom stereocenters. The molecule has 132 valence electrons. The maximum atomic E-state index is 14.0. The molecule has 0 radical (unpaired) electrons. The van der Waals surface area contributed by atoms with Crippen molar-refractivity contribution in [1.29, 1.82) is 0 Å². The van der Waals surface area contributed by atoms with E-state index < -0.39 is 23.7 Å². The second kappa shape index (κ2) is 8.24. The number of halogens is 1. The molecule has 5 nitrogen and oxygen atoms in total. The Morgan fingerprint density at radius 3 is 2.71 bits per heavy atom. The molecule has 1 saturated carbocycles. The number of carbonyl (C=O) groups is 2. The van der Waals surface area contributed by atoms with Crippen molar-refractivity contribution in [2.24, 2.45) is 11.7 Å². The van der Waals surface area contributed by atoms with E-state index in [-0.39, 0.29) is 18.0 Å². The van der Waals surface area contributed by atoms with E-state index in [9.17, 15) is 14.0 Å². The van der Waals surface area contributed by atoms with Crippen LogP contribution < -0.4 is 11.1 Å². The van der Waals surface area contributed by atoms with E-state index in [0.29, 0.717) is 5.92 Å². The standard InChI is InChI=1S/C18H25FN2O3/c1-2-11-5-3-4-6-15(11)12-7-13(9-14(19)8-12)17(22)21-10-16(20)18(23)24/h7-9,11,15-16H,2-6,10,20H2,1H3,(H,21,22)(H,23,24). The van der Waals surface area contributed by atoms with Crippen LogP contribution in [0.4, 0.5) is 4.39 Å². The van der Waals surface area contributed by atoms with Crippen LogP contribution in [0.5, 0.6) is 0 Å². The van der Waals surface area contributed by atoms with Gasteiger partial charge in [0.05, 0.1) is 0 Å². The lowest BCUT2D eigenvalue weighted by atomic mass is 9.74. The lowest BCUT2D eigenvalue weighted by Crippen LogP contribution is -2.42. The molecule has 4 N–H and O–H groups in total. The Hall–Kier alpha value is -1.95. The summed E-state index contributed by atoms with van der Waals surface area (Å²) in [5.74, 6) is -1.36. The van der Waals surface area contributed by atoms with Gasteiger partial charge in [0.15, 0.2) is 0 Å². The summed E-state index contributed by atoms with van der Waals surface area (Å²) in [6.45, 7) is 1.95. The van der Waals surface area contributed by atoms with Crippen LogP contribution in [0.3, 0.4) is 0 Å². The minimum Gasteiger partial charge on any atom is -0.480 e. The van der Waals surface area contributed by atoms with E-state index in [0.717, 1.165) is 31.2 Å².